The fourth-order valence-corrected chi connectivity index (χ4v) is 11.9. The number of phenols is 1. The largest absolute Gasteiger partial charge is 0.508 e. The molecule has 2 saturated heterocycles. The third-order valence-electron chi connectivity index (χ3n) is 14.7. The molecule has 2 heterocycles. The van der Waals surface area contributed by atoms with Gasteiger partial charge in [0.05, 0.1) is 19.1 Å². The SMILES string of the molecule is CC[C@H](C)[C@@H]1NC(=O)[C@H](CCCN=C(N)N)NC(=O)[C@H](CCCN=C(N)N)NC(=O)[C@H](NC(=O)[C@H](Cc2ccccc2)NC(=O)CNC(=O)CNC(=O)[C@@H](N)Cc2ccc(O)cc2)CSSC[C@@H](C(N)=O)NC(=O)[C@@H]2CCCN2C(=O)[C@H](CCCN=C(N)N)NC1=O. The predicted molar refractivity (Wildman–Crippen MR) is 347 cm³/mol. The van der Waals surface area contributed by atoms with Crippen LogP contribution in [0.3, 0.4) is 0 Å². The van der Waals surface area contributed by atoms with E-state index < -0.39 is 138 Å². The molecular formula is C57H89N21O12S2. The number of amides is 11. The summed E-state index contributed by atoms with van der Waals surface area (Å²) in [6, 6.07) is 2.47. The Balaban J connectivity index is 1.73. The van der Waals surface area contributed by atoms with Gasteiger partial charge >= 0.3 is 0 Å². The number of nitrogens with zero attached hydrogens (tertiary/aromatic N) is 4. The van der Waals surface area contributed by atoms with Crippen molar-refractivity contribution < 1.29 is 57.8 Å². The van der Waals surface area contributed by atoms with Crippen molar-refractivity contribution in [1.82, 2.24) is 52.8 Å². The highest BCUT2D eigenvalue weighted by atomic mass is 33.1. The van der Waals surface area contributed by atoms with Crippen LogP contribution in [0.4, 0.5) is 0 Å². The van der Waals surface area contributed by atoms with Crippen molar-refractivity contribution in [3.63, 3.8) is 0 Å². The van der Waals surface area contributed by atoms with Crippen LogP contribution in [-0.2, 0) is 65.6 Å². The van der Waals surface area contributed by atoms with Gasteiger partial charge in [-0.05, 0) is 87.0 Å². The topological polar surface area (TPSA) is 565 Å². The van der Waals surface area contributed by atoms with Crippen molar-refractivity contribution in [2.75, 3.05) is 50.8 Å². The number of aliphatic imine (C=N–C) groups is 3. The summed E-state index contributed by atoms with van der Waals surface area (Å²) < 4.78 is 0. The molecule has 0 aromatic heterocycles. The molecule has 0 unspecified atom stereocenters. The molecule has 92 heavy (non-hydrogen) atoms. The Hall–Kier alpha value is -9.12. The number of fused-ring (bicyclic) bond motifs is 1. The van der Waals surface area contributed by atoms with Crippen molar-refractivity contribution in [2.45, 2.75) is 139 Å². The van der Waals surface area contributed by atoms with Crippen molar-refractivity contribution in [1.29, 1.82) is 0 Å². The quantitative estimate of drug-likeness (QED) is 0.0171. The average Bonchev–Trinajstić information content (AvgIpc) is 1.62. The van der Waals surface area contributed by atoms with Crippen LogP contribution in [0.25, 0.3) is 0 Å². The summed E-state index contributed by atoms with van der Waals surface area (Å²) in [6.07, 6.45) is 0.895. The highest BCUT2D eigenvalue weighted by molar-refractivity contribution is 8.76. The predicted octanol–water partition coefficient (Wildman–Crippen LogP) is -5.79. The monoisotopic (exact) mass is 1320 g/mol. The van der Waals surface area contributed by atoms with Crippen LogP contribution in [0.5, 0.6) is 5.75 Å². The summed E-state index contributed by atoms with van der Waals surface area (Å²) in [5.41, 5.74) is 46.6. The molecule has 0 bridgehead atoms. The number of nitrogens with two attached hydrogens (primary N) is 8. The first-order valence-corrected chi connectivity index (χ1v) is 32.5. The Kier molecular flexibility index (Phi) is 32.1. The van der Waals surface area contributed by atoms with Crippen LogP contribution in [0.2, 0.25) is 0 Å². The summed E-state index contributed by atoms with van der Waals surface area (Å²) in [7, 11) is 1.93. The molecule has 33 nitrogen and oxygen atoms in total. The fraction of sp³-hybridized carbons (Fsp3) is 0.544. The van der Waals surface area contributed by atoms with Gasteiger partial charge in [0.2, 0.25) is 65.0 Å². The number of phenolic OH excluding ortho intramolecular Hbond substituents is 1. The van der Waals surface area contributed by atoms with Gasteiger partial charge in [0.25, 0.3) is 0 Å². The van der Waals surface area contributed by atoms with E-state index >= 15 is 0 Å². The van der Waals surface area contributed by atoms with Gasteiger partial charge in [-0.1, -0.05) is 84.3 Å². The maximum atomic E-state index is 14.8. The number of guanidine groups is 3. The zero-order valence-electron chi connectivity index (χ0n) is 51.6. The van der Waals surface area contributed by atoms with Gasteiger partial charge in [-0.3, -0.25) is 67.7 Å². The second-order valence-corrected chi connectivity index (χ2v) is 24.5. The van der Waals surface area contributed by atoms with E-state index in [0.29, 0.717) is 24.0 Å². The minimum atomic E-state index is -1.56. The molecule has 35 heteroatoms. The van der Waals surface area contributed by atoms with Crippen molar-refractivity contribution in [2.24, 2.45) is 66.8 Å². The molecule has 4 rings (SSSR count). The van der Waals surface area contributed by atoms with Crippen LogP contribution in [-0.4, -0.2) is 198 Å². The van der Waals surface area contributed by atoms with Gasteiger partial charge in [-0.15, -0.1) is 0 Å². The van der Waals surface area contributed by atoms with E-state index in [9.17, 15) is 57.8 Å². The lowest BCUT2D eigenvalue weighted by Gasteiger charge is -2.32. The number of hydrogen-bond donors (Lipinski definition) is 18. The number of primary amides is 1. The Morgan fingerprint density at radius 2 is 1.16 bits per heavy atom. The minimum absolute atomic E-state index is 0.00647. The van der Waals surface area contributed by atoms with Gasteiger partial charge in [0.1, 0.15) is 54.1 Å². The number of rotatable bonds is 27. The molecule has 26 N–H and O–H groups in total. The minimum Gasteiger partial charge on any atom is -0.508 e. The molecule has 2 aromatic rings. The normalized spacial score (nSPS) is 21.3. The molecule has 2 aliphatic heterocycles. The summed E-state index contributed by atoms with van der Waals surface area (Å²) in [5, 5.41) is 33.2. The van der Waals surface area contributed by atoms with Gasteiger partial charge in [-0.2, -0.15) is 0 Å². The Labute approximate surface area is 540 Å². The fourth-order valence-electron chi connectivity index (χ4n) is 9.54. The first kappa shape index (κ1) is 75.3. The number of carbonyl (C=O) groups excluding carboxylic acids is 11. The lowest BCUT2D eigenvalue weighted by atomic mass is 9.96. The van der Waals surface area contributed by atoms with Gasteiger partial charge in [-0.25, -0.2) is 0 Å². The smallest absolute Gasteiger partial charge is 0.245 e. The molecule has 2 fully saturated rings. The lowest BCUT2D eigenvalue weighted by molar-refractivity contribution is -0.142. The second-order valence-electron chi connectivity index (χ2n) is 22.0. The van der Waals surface area contributed by atoms with Crippen LogP contribution < -0.4 is 93.7 Å². The van der Waals surface area contributed by atoms with E-state index in [2.05, 4.69) is 62.8 Å². The number of benzene rings is 2. The molecule has 0 spiro atoms. The molecule has 0 radical (unpaired) electrons. The third-order valence-corrected chi connectivity index (χ3v) is 17.1. The Morgan fingerprint density at radius 1 is 0.630 bits per heavy atom. The van der Waals surface area contributed by atoms with Gasteiger partial charge < -0.3 is 104 Å². The van der Waals surface area contributed by atoms with Crippen molar-refractivity contribution in [3.8, 4) is 5.75 Å². The highest BCUT2D eigenvalue weighted by Gasteiger charge is 2.41. The summed E-state index contributed by atoms with van der Waals surface area (Å²) >= 11 is 0. The van der Waals surface area contributed by atoms with Crippen molar-refractivity contribution >= 4 is 104 Å². The second kappa shape index (κ2) is 39.2. The summed E-state index contributed by atoms with van der Waals surface area (Å²) in [5.74, 6) is -10.8. The number of nitrogens with one attached hydrogen (secondary N) is 9. The first-order chi connectivity index (χ1) is 43.8. The van der Waals surface area contributed by atoms with Crippen LogP contribution in [0, 0.1) is 5.92 Å². The number of hydrogen-bond acceptors (Lipinski definition) is 18. The Morgan fingerprint density at radius 3 is 1.74 bits per heavy atom. The molecule has 0 saturated carbocycles. The van der Waals surface area contributed by atoms with Gasteiger partial charge in [0, 0.05) is 44.1 Å². The Bertz CT molecular complexity index is 2930. The van der Waals surface area contributed by atoms with E-state index in [0.717, 1.165) is 21.6 Å². The maximum absolute atomic E-state index is 14.8. The molecule has 10 atom stereocenters. The third kappa shape index (κ3) is 26.8. The van der Waals surface area contributed by atoms with E-state index in [1.54, 1.807) is 56.3 Å². The average molecular weight is 1320 g/mol. The van der Waals surface area contributed by atoms with Crippen LogP contribution in [0.1, 0.15) is 82.8 Å². The highest BCUT2D eigenvalue weighted by Crippen LogP contribution is 2.25. The molecule has 506 valence electrons. The van der Waals surface area contributed by atoms with Crippen LogP contribution in [0.15, 0.2) is 69.6 Å². The number of carbonyl (C=O) groups is 11. The van der Waals surface area contributed by atoms with E-state index in [1.165, 1.54) is 17.0 Å². The van der Waals surface area contributed by atoms with E-state index in [-0.39, 0.29) is 119 Å². The summed E-state index contributed by atoms with van der Waals surface area (Å²) in [4.78, 5) is 168. The standard InChI is InChI=1S/C57H89N21O12S2/c1-3-31(2)45-53(89)74-38(15-9-23-68-57(64)65)54(90)78-24-10-16-42(78)52(88)75-40(46(59)82)29-91-92-30-41(51(87)73-36(13-7-21-66-55(60)61)48(84)72-37(49(85)77-45)14-8-22-67-56(62)63)76-50(86)39(26-32-11-5-4-6-12-32)71-44(81)28-69-43(80)27-70-47(83)35(58)25-33-17-19-34(79)20-18-33/h4-6,11-12,17-20,31,35-42,45,79H,3,7-10,13-16,21-30,58H2,1-2H3,(H2,59,82)(H,69,80)(H,70,83)(H,71,81)(H,72,84)(H,73,87)(H,74,89)(H,75,88)(H,76,86)(H,77,85)(H4,60,61,66)(H4,62,63,67)(H4,64,65,68)/t31-,35-,36-,37-,38-,39-,40-,41+,42-,45-/m0/s1. The zero-order valence-corrected chi connectivity index (χ0v) is 53.2. The van der Waals surface area contributed by atoms with Crippen LogP contribution >= 0.6 is 21.6 Å². The van der Waals surface area contributed by atoms with E-state index in [4.69, 9.17) is 45.9 Å². The maximum Gasteiger partial charge on any atom is 0.245 e. The molecule has 2 aromatic carbocycles. The molecule has 2 aliphatic rings. The van der Waals surface area contributed by atoms with E-state index in [1.807, 2.05) is 0 Å². The molecule has 11 amide bonds. The summed E-state index contributed by atoms with van der Waals surface area (Å²) in [6.45, 7) is 2.36. The number of aromatic hydroxyl groups is 1. The lowest BCUT2D eigenvalue weighted by Crippen LogP contribution is -2.61. The molecule has 0 aliphatic carbocycles. The van der Waals surface area contributed by atoms with Gasteiger partial charge in [0.15, 0.2) is 17.9 Å². The van der Waals surface area contributed by atoms with Crippen molar-refractivity contribution in [3.05, 3.63) is 65.7 Å². The molecular weight excluding hydrogens is 1230 g/mol. The zero-order chi connectivity index (χ0) is 67.9. The first-order valence-electron chi connectivity index (χ1n) is 30.0.